The van der Waals surface area contributed by atoms with Crippen LogP contribution in [-0.2, 0) is 14.3 Å². The molecule has 3 aromatic rings. The lowest BCUT2D eigenvalue weighted by molar-refractivity contribution is -0.139. The zero-order chi connectivity index (χ0) is 27.3. The van der Waals surface area contributed by atoms with E-state index in [9.17, 15) is 19.5 Å². The number of anilines is 1. The highest BCUT2D eigenvalue weighted by atomic mass is 16.6. The van der Waals surface area contributed by atoms with Gasteiger partial charge in [-0.25, -0.2) is 4.79 Å². The number of fused-ring (bicyclic) bond motifs is 1. The molecule has 3 aromatic carbocycles. The Kier molecular flexibility index (Phi) is 8.55. The number of benzene rings is 3. The summed E-state index contributed by atoms with van der Waals surface area (Å²) in [5.41, 5.74) is 2.29. The van der Waals surface area contributed by atoms with Gasteiger partial charge < -0.3 is 25.4 Å². The second-order valence-electron chi connectivity index (χ2n) is 10.2. The van der Waals surface area contributed by atoms with Crippen LogP contribution in [0.15, 0.2) is 60.7 Å². The number of aliphatic hydroxyl groups excluding tert-OH is 1. The SMILES string of the molecule is Cc1cc(C)cc(C(C(=O)Nc2ccc3ccccc3c2)N(C)C(=O)C(CO)NC(=O)OC(C)(C)C)c1. The Morgan fingerprint density at radius 3 is 2.16 bits per heavy atom. The Balaban J connectivity index is 1.92. The van der Waals surface area contributed by atoms with E-state index in [1.807, 2.05) is 68.4 Å². The normalized spacial score (nSPS) is 12.9. The number of likely N-dealkylation sites (N-methyl/N-ethyl adjacent to an activating group) is 1. The fraction of sp³-hybridized carbons (Fsp3) is 0.345. The van der Waals surface area contributed by atoms with E-state index in [1.54, 1.807) is 26.8 Å². The number of hydrogen-bond acceptors (Lipinski definition) is 5. The number of ether oxygens (including phenoxy) is 1. The van der Waals surface area contributed by atoms with Crippen LogP contribution in [0.2, 0.25) is 0 Å². The first-order valence-electron chi connectivity index (χ1n) is 12.1. The topological polar surface area (TPSA) is 108 Å². The van der Waals surface area contributed by atoms with E-state index >= 15 is 0 Å². The quantitative estimate of drug-likeness (QED) is 0.439. The molecule has 0 aliphatic heterocycles. The summed E-state index contributed by atoms with van der Waals surface area (Å²) < 4.78 is 5.23. The van der Waals surface area contributed by atoms with E-state index in [0.29, 0.717) is 11.3 Å². The van der Waals surface area contributed by atoms with Crippen molar-refractivity contribution in [1.29, 1.82) is 0 Å². The van der Waals surface area contributed by atoms with Crippen LogP contribution in [0.5, 0.6) is 0 Å². The van der Waals surface area contributed by atoms with Gasteiger partial charge in [0.2, 0.25) is 5.91 Å². The van der Waals surface area contributed by atoms with Crippen LogP contribution in [0.1, 0.15) is 43.5 Å². The van der Waals surface area contributed by atoms with Gasteiger partial charge >= 0.3 is 6.09 Å². The van der Waals surface area contributed by atoms with Crippen molar-refractivity contribution in [3.8, 4) is 0 Å². The number of aliphatic hydroxyl groups is 1. The molecule has 37 heavy (non-hydrogen) atoms. The third-order valence-electron chi connectivity index (χ3n) is 5.73. The van der Waals surface area contributed by atoms with Gasteiger partial charge in [0.25, 0.3) is 5.91 Å². The molecule has 0 aromatic heterocycles. The molecule has 3 N–H and O–H groups in total. The summed E-state index contributed by atoms with van der Waals surface area (Å²) in [6.07, 6.45) is -0.836. The van der Waals surface area contributed by atoms with Crippen molar-refractivity contribution < 1.29 is 24.2 Å². The summed E-state index contributed by atoms with van der Waals surface area (Å²) in [5.74, 6) is -1.06. The van der Waals surface area contributed by atoms with Crippen LogP contribution in [0, 0.1) is 13.8 Å². The van der Waals surface area contributed by atoms with E-state index < -0.39 is 42.2 Å². The molecule has 0 radical (unpaired) electrons. The maximum absolute atomic E-state index is 13.7. The molecule has 0 spiro atoms. The zero-order valence-corrected chi connectivity index (χ0v) is 22.2. The maximum Gasteiger partial charge on any atom is 0.408 e. The molecule has 0 saturated carbocycles. The van der Waals surface area contributed by atoms with Crippen molar-refractivity contribution >= 4 is 34.4 Å². The van der Waals surface area contributed by atoms with Crippen LogP contribution < -0.4 is 10.6 Å². The lowest BCUT2D eigenvalue weighted by Crippen LogP contribution is -2.52. The van der Waals surface area contributed by atoms with Crippen molar-refractivity contribution in [2.24, 2.45) is 0 Å². The van der Waals surface area contributed by atoms with Crippen molar-refractivity contribution in [2.45, 2.75) is 52.3 Å². The monoisotopic (exact) mass is 505 g/mol. The van der Waals surface area contributed by atoms with Crippen LogP contribution in [-0.4, -0.2) is 53.2 Å². The summed E-state index contributed by atoms with van der Waals surface area (Å²) >= 11 is 0. The van der Waals surface area contributed by atoms with Gasteiger partial charge in [0.1, 0.15) is 17.7 Å². The highest BCUT2D eigenvalue weighted by Crippen LogP contribution is 2.26. The minimum absolute atomic E-state index is 0.426. The number of alkyl carbamates (subject to hydrolysis) is 1. The van der Waals surface area contributed by atoms with Gasteiger partial charge in [0.15, 0.2) is 0 Å². The summed E-state index contributed by atoms with van der Waals surface area (Å²) in [7, 11) is 1.48. The van der Waals surface area contributed by atoms with Crippen molar-refractivity contribution in [3.63, 3.8) is 0 Å². The van der Waals surface area contributed by atoms with Gasteiger partial charge in [-0.1, -0.05) is 59.7 Å². The number of nitrogens with one attached hydrogen (secondary N) is 2. The average molecular weight is 506 g/mol. The number of nitrogens with zero attached hydrogens (tertiary/aromatic N) is 1. The van der Waals surface area contributed by atoms with E-state index in [-0.39, 0.29) is 0 Å². The van der Waals surface area contributed by atoms with Gasteiger partial charge in [-0.05, 0) is 63.1 Å². The summed E-state index contributed by atoms with van der Waals surface area (Å²) in [4.78, 5) is 40.6. The largest absolute Gasteiger partial charge is 0.444 e. The van der Waals surface area contributed by atoms with Gasteiger partial charge in [0, 0.05) is 12.7 Å². The molecule has 8 heteroatoms. The second kappa shape index (κ2) is 11.4. The van der Waals surface area contributed by atoms with Gasteiger partial charge in [-0.2, -0.15) is 0 Å². The Hall–Kier alpha value is -3.91. The average Bonchev–Trinajstić information content (AvgIpc) is 2.80. The number of hydrogen-bond donors (Lipinski definition) is 3. The van der Waals surface area contributed by atoms with Crippen LogP contribution in [0.3, 0.4) is 0 Å². The molecule has 0 aliphatic rings. The van der Waals surface area contributed by atoms with E-state index in [1.165, 1.54) is 11.9 Å². The smallest absolute Gasteiger partial charge is 0.408 e. The zero-order valence-electron chi connectivity index (χ0n) is 22.2. The highest BCUT2D eigenvalue weighted by Gasteiger charge is 2.34. The molecule has 196 valence electrons. The van der Waals surface area contributed by atoms with Crippen molar-refractivity contribution in [1.82, 2.24) is 10.2 Å². The molecule has 0 aliphatic carbocycles. The second-order valence-corrected chi connectivity index (χ2v) is 10.2. The molecular formula is C29H35N3O5. The lowest BCUT2D eigenvalue weighted by atomic mass is 9.99. The Morgan fingerprint density at radius 1 is 0.946 bits per heavy atom. The molecule has 3 rings (SSSR count). The number of carbonyl (C=O) groups excluding carboxylic acids is 3. The fourth-order valence-electron chi connectivity index (χ4n) is 4.20. The molecular weight excluding hydrogens is 470 g/mol. The minimum Gasteiger partial charge on any atom is -0.444 e. The number of amides is 3. The first-order chi connectivity index (χ1) is 17.4. The molecule has 2 atom stereocenters. The van der Waals surface area contributed by atoms with Crippen molar-refractivity contribution in [2.75, 3.05) is 19.0 Å². The molecule has 0 bridgehead atoms. The molecule has 0 heterocycles. The summed E-state index contributed by atoms with van der Waals surface area (Å²) in [5, 5.41) is 17.2. The molecule has 3 amide bonds. The number of rotatable bonds is 7. The Labute approximate surface area is 217 Å². The van der Waals surface area contributed by atoms with Crippen LogP contribution in [0.25, 0.3) is 10.8 Å². The molecule has 2 unspecified atom stereocenters. The fourth-order valence-corrected chi connectivity index (χ4v) is 4.20. The lowest BCUT2D eigenvalue weighted by Gasteiger charge is -2.31. The predicted molar refractivity (Wildman–Crippen MR) is 144 cm³/mol. The first kappa shape index (κ1) is 27.7. The summed E-state index contributed by atoms with van der Waals surface area (Å²) in [6.45, 7) is 8.26. The minimum atomic E-state index is -1.29. The van der Waals surface area contributed by atoms with Crippen LogP contribution >= 0.6 is 0 Å². The third kappa shape index (κ3) is 7.30. The maximum atomic E-state index is 13.7. The van der Waals surface area contributed by atoms with E-state index in [0.717, 1.165) is 21.9 Å². The van der Waals surface area contributed by atoms with Gasteiger partial charge in [-0.15, -0.1) is 0 Å². The number of aryl methyl sites for hydroxylation is 2. The number of carbonyl (C=O) groups is 3. The van der Waals surface area contributed by atoms with Crippen LogP contribution in [0.4, 0.5) is 10.5 Å². The molecule has 0 fully saturated rings. The Morgan fingerprint density at radius 2 is 1.57 bits per heavy atom. The molecule has 8 nitrogen and oxygen atoms in total. The summed E-state index contributed by atoms with van der Waals surface area (Å²) in [6, 6.07) is 16.7. The van der Waals surface area contributed by atoms with Crippen molar-refractivity contribution in [3.05, 3.63) is 77.4 Å². The standard InChI is InChI=1S/C29H35N3O5/c1-18-13-19(2)15-22(14-18)25(26(34)30-23-12-11-20-9-7-8-10-21(20)16-23)32(6)27(35)24(17-33)31-28(36)37-29(3,4)5/h7-16,24-25,33H,17H2,1-6H3,(H,30,34)(H,31,36). The van der Waals surface area contributed by atoms with E-state index in [2.05, 4.69) is 10.6 Å². The Bertz CT molecular complexity index is 1280. The van der Waals surface area contributed by atoms with E-state index in [4.69, 9.17) is 4.74 Å². The predicted octanol–water partition coefficient (Wildman–Crippen LogP) is 4.48. The third-order valence-corrected chi connectivity index (χ3v) is 5.73. The molecule has 0 saturated heterocycles. The van der Waals surface area contributed by atoms with Gasteiger partial charge in [0.05, 0.1) is 6.61 Å². The van der Waals surface area contributed by atoms with Gasteiger partial charge in [-0.3, -0.25) is 9.59 Å². The highest BCUT2D eigenvalue weighted by molar-refractivity contribution is 6.00. The first-order valence-corrected chi connectivity index (χ1v) is 12.1.